The van der Waals surface area contributed by atoms with Crippen molar-refractivity contribution in [2.45, 2.75) is 70.5 Å². The van der Waals surface area contributed by atoms with Crippen molar-refractivity contribution in [2.75, 3.05) is 32.7 Å². The van der Waals surface area contributed by atoms with Gasteiger partial charge in [-0.25, -0.2) is 4.39 Å². The summed E-state index contributed by atoms with van der Waals surface area (Å²) < 4.78 is 19.4. The molecule has 3 rings (SSSR count). The molecule has 1 aromatic rings. The van der Waals surface area contributed by atoms with Gasteiger partial charge in [0.05, 0.1) is 5.60 Å². The second-order valence-corrected chi connectivity index (χ2v) is 8.66. The molecule has 30 heavy (non-hydrogen) atoms. The molecule has 166 valence electrons. The van der Waals surface area contributed by atoms with Crippen LogP contribution < -0.4 is 0 Å². The van der Waals surface area contributed by atoms with Gasteiger partial charge < -0.3 is 14.5 Å². The molecule has 2 aliphatic heterocycles. The number of ketones is 1. The van der Waals surface area contributed by atoms with Crippen LogP contribution in [0, 0.1) is 5.82 Å². The maximum atomic E-state index is 13.0. The van der Waals surface area contributed by atoms with Crippen molar-refractivity contribution in [1.29, 1.82) is 0 Å². The molecule has 1 atom stereocenters. The Kier molecular flexibility index (Phi) is 8.00. The van der Waals surface area contributed by atoms with E-state index in [-0.39, 0.29) is 29.2 Å². The lowest BCUT2D eigenvalue weighted by Gasteiger charge is -2.49. The van der Waals surface area contributed by atoms with Crippen molar-refractivity contribution in [1.82, 2.24) is 9.80 Å². The fourth-order valence-corrected chi connectivity index (χ4v) is 4.56. The van der Waals surface area contributed by atoms with E-state index in [0.29, 0.717) is 18.5 Å². The summed E-state index contributed by atoms with van der Waals surface area (Å²) in [4.78, 5) is 29.3. The minimum absolute atomic E-state index is 0.0648. The number of carbonyl (C=O) groups is 2. The van der Waals surface area contributed by atoms with Gasteiger partial charge >= 0.3 is 0 Å². The van der Waals surface area contributed by atoms with Crippen LogP contribution in [0.4, 0.5) is 4.39 Å². The Morgan fingerprint density at radius 1 is 1.17 bits per heavy atom. The van der Waals surface area contributed by atoms with Crippen LogP contribution in [0.3, 0.4) is 0 Å². The van der Waals surface area contributed by atoms with E-state index in [0.717, 1.165) is 64.7 Å². The monoisotopic (exact) mass is 418 g/mol. The third kappa shape index (κ3) is 5.67. The molecule has 0 N–H and O–H groups in total. The van der Waals surface area contributed by atoms with E-state index in [1.807, 2.05) is 11.8 Å². The molecule has 2 aliphatic rings. The normalized spacial score (nSPS) is 21.9. The summed E-state index contributed by atoms with van der Waals surface area (Å²) in [6.07, 6.45) is 5.71. The van der Waals surface area contributed by atoms with Crippen molar-refractivity contribution < 1.29 is 18.7 Å². The first-order valence-corrected chi connectivity index (χ1v) is 11.4. The van der Waals surface area contributed by atoms with E-state index >= 15 is 0 Å². The van der Waals surface area contributed by atoms with Crippen molar-refractivity contribution in [2.24, 2.45) is 0 Å². The number of rotatable bonds is 9. The number of morpholine rings is 1. The average molecular weight is 419 g/mol. The maximum Gasteiger partial charge on any atom is 0.251 e. The Morgan fingerprint density at radius 3 is 2.50 bits per heavy atom. The van der Waals surface area contributed by atoms with Crippen LogP contribution in [0.5, 0.6) is 0 Å². The number of piperidine rings is 1. The summed E-state index contributed by atoms with van der Waals surface area (Å²) in [5.41, 5.74) is 0.356. The lowest BCUT2D eigenvalue weighted by atomic mass is 9.87. The first kappa shape index (κ1) is 22.9. The average Bonchev–Trinajstić information content (AvgIpc) is 2.76. The summed E-state index contributed by atoms with van der Waals surface area (Å²) in [6, 6.07) is 5.77. The van der Waals surface area contributed by atoms with Crippen LogP contribution in [0.1, 0.15) is 69.2 Å². The number of amides is 1. The molecule has 5 nitrogen and oxygen atoms in total. The van der Waals surface area contributed by atoms with Crippen LogP contribution in [-0.2, 0) is 9.53 Å². The van der Waals surface area contributed by atoms with Gasteiger partial charge in [0, 0.05) is 38.2 Å². The number of hydrogen-bond donors (Lipinski definition) is 0. The topological polar surface area (TPSA) is 49.9 Å². The second-order valence-electron chi connectivity index (χ2n) is 8.66. The molecule has 0 aliphatic carbocycles. The van der Waals surface area contributed by atoms with Crippen LogP contribution in [0.15, 0.2) is 24.3 Å². The van der Waals surface area contributed by atoms with E-state index < -0.39 is 0 Å². The van der Waals surface area contributed by atoms with E-state index in [4.69, 9.17) is 4.74 Å². The van der Waals surface area contributed by atoms with Gasteiger partial charge in [-0.3, -0.25) is 9.59 Å². The van der Waals surface area contributed by atoms with Gasteiger partial charge in [-0.1, -0.05) is 19.8 Å². The molecule has 1 spiro atoms. The summed E-state index contributed by atoms with van der Waals surface area (Å²) in [6.45, 7) is 8.34. The number of halogens is 1. The Bertz CT molecular complexity index is 714. The van der Waals surface area contributed by atoms with Gasteiger partial charge in [-0.05, 0) is 63.4 Å². The quantitative estimate of drug-likeness (QED) is 0.568. The number of nitrogens with zero attached hydrogens (tertiary/aromatic N) is 2. The highest BCUT2D eigenvalue weighted by molar-refractivity contribution is 5.95. The Morgan fingerprint density at radius 2 is 1.87 bits per heavy atom. The Hall–Kier alpha value is -1.79. The van der Waals surface area contributed by atoms with E-state index in [1.165, 1.54) is 12.1 Å². The molecular weight excluding hydrogens is 383 g/mol. The lowest BCUT2D eigenvalue weighted by molar-refractivity contribution is -0.193. The zero-order valence-corrected chi connectivity index (χ0v) is 18.4. The summed E-state index contributed by atoms with van der Waals surface area (Å²) in [5.74, 6) is -0.104. The molecule has 2 saturated heterocycles. The van der Waals surface area contributed by atoms with Crippen molar-refractivity contribution in [3.63, 3.8) is 0 Å². The van der Waals surface area contributed by atoms with Gasteiger partial charge in [-0.15, -0.1) is 0 Å². The summed E-state index contributed by atoms with van der Waals surface area (Å²) >= 11 is 0. The van der Waals surface area contributed by atoms with Crippen LogP contribution in [0.25, 0.3) is 0 Å². The van der Waals surface area contributed by atoms with Gasteiger partial charge in [0.25, 0.3) is 5.91 Å². The molecule has 2 fully saturated rings. The number of carbonyl (C=O) groups excluding carboxylic acids is 2. The molecule has 6 heteroatoms. The smallest absolute Gasteiger partial charge is 0.251 e. The molecule has 1 amide bonds. The predicted molar refractivity (Wildman–Crippen MR) is 115 cm³/mol. The number of Topliss-reactive ketones (excluding diaryl/α,β-unsaturated/α-hetero) is 1. The van der Waals surface area contributed by atoms with Crippen molar-refractivity contribution in [3.05, 3.63) is 35.6 Å². The number of benzene rings is 1. The highest BCUT2D eigenvalue weighted by Crippen LogP contribution is 2.34. The zero-order chi connectivity index (χ0) is 21.6. The standard InChI is InChI=1S/C24H35FN2O3/c1-3-5-8-22-23(29)27(4-2)18-24(30-22)13-16-26(17-14-24)15-6-7-21(28)19-9-11-20(25)12-10-19/h9-12,22H,3-8,13-18H2,1-2H3. The maximum absolute atomic E-state index is 13.0. The van der Waals surface area contributed by atoms with Crippen molar-refractivity contribution >= 4 is 11.7 Å². The molecule has 1 aromatic carbocycles. The van der Waals surface area contributed by atoms with E-state index in [1.54, 1.807) is 12.1 Å². The van der Waals surface area contributed by atoms with Gasteiger partial charge in [0.1, 0.15) is 11.9 Å². The molecule has 0 aromatic heterocycles. The Labute approximate surface area is 179 Å². The van der Waals surface area contributed by atoms with Gasteiger partial charge in [0.15, 0.2) is 5.78 Å². The minimum atomic E-state index is -0.320. The Balaban J connectivity index is 1.46. The van der Waals surface area contributed by atoms with Gasteiger partial charge in [0.2, 0.25) is 0 Å². The first-order chi connectivity index (χ1) is 14.5. The lowest BCUT2D eigenvalue weighted by Crippen LogP contribution is -2.61. The second kappa shape index (κ2) is 10.5. The predicted octanol–water partition coefficient (Wildman–Crippen LogP) is 4.06. The van der Waals surface area contributed by atoms with Crippen LogP contribution >= 0.6 is 0 Å². The third-order valence-electron chi connectivity index (χ3n) is 6.47. The molecule has 0 bridgehead atoms. The number of likely N-dealkylation sites (tertiary alicyclic amines) is 1. The fourth-order valence-electron chi connectivity index (χ4n) is 4.56. The molecule has 1 unspecified atom stereocenters. The van der Waals surface area contributed by atoms with E-state index in [9.17, 15) is 14.0 Å². The number of unbranched alkanes of at least 4 members (excludes halogenated alkanes) is 1. The zero-order valence-electron chi connectivity index (χ0n) is 18.4. The third-order valence-corrected chi connectivity index (χ3v) is 6.47. The minimum Gasteiger partial charge on any atom is -0.360 e. The highest BCUT2D eigenvalue weighted by Gasteiger charge is 2.45. The van der Waals surface area contributed by atoms with Gasteiger partial charge in [-0.2, -0.15) is 0 Å². The largest absolute Gasteiger partial charge is 0.360 e. The molecular formula is C24H35FN2O3. The SMILES string of the molecule is CCCCC1OC2(CCN(CCCC(=O)c3ccc(F)cc3)CC2)CN(CC)C1=O. The summed E-state index contributed by atoms with van der Waals surface area (Å²) in [7, 11) is 0. The number of hydrogen-bond acceptors (Lipinski definition) is 4. The number of ether oxygens (including phenoxy) is 1. The van der Waals surface area contributed by atoms with Crippen molar-refractivity contribution in [3.8, 4) is 0 Å². The highest BCUT2D eigenvalue weighted by atomic mass is 19.1. The first-order valence-electron chi connectivity index (χ1n) is 11.4. The van der Waals surface area contributed by atoms with Crippen LogP contribution in [-0.4, -0.2) is 65.9 Å². The van der Waals surface area contributed by atoms with E-state index in [2.05, 4.69) is 11.8 Å². The van der Waals surface area contributed by atoms with Crippen LogP contribution in [0.2, 0.25) is 0 Å². The molecule has 2 heterocycles. The number of likely N-dealkylation sites (N-methyl/N-ethyl adjacent to an activating group) is 1. The summed E-state index contributed by atoms with van der Waals surface area (Å²) in [5, 5.41) is 0. The fraction of sp³-hybridized carbons (Fsp3) is 0.667. The molecule has 0 saturated carbocycles. The molecule has 0 radical (unpaired) electrons.